The maximum absolute atomic E-state index is 13.1. The Balaban J connectivity index is 1.80. The monoisotopic (exact) mass is 313 g/mol. The number of fused-ring (bicyclic) bond motifs is 1. The van der Waals surface area contributed by atoms with Crippen molar-refractivity contribution in [1.29, 1.82) is 0 Å². The zero-order chi connectivity index (χ0) is 16.1. The van der Waals surface area contributed by atoms with Gasteiger partial charge in [-0.15, -0.1) is 0 Å². The maximum Gasteiger partial charge on any atom is 0.418 e. The Kier molecular flexibility index (Phi) is 3.43. The maximum atomic E-state index is 13.1. The fourth-order valence-corrected chi connectivity index (χ4v) is 3.39. The molecule has 1 saturated heterocycles. The van der Waals surface area contributed by atoms with Crippen molar-refractivity contribution in [3.05, 3.63) is 29.6 Å². The van der Waals surface area contributed by atoms with Gasteiger partial charge in [-0.3, -0.25) is 9.78 Å². The molecule has 0 bridgehead atoms. The van der Waals surface area contributed by atoms with Crippen molar-refractivity contribution in [2.24, 2.45) is 17.8 Å². The number of piperidine rings is 1. The predicted molar refractivity (Wildman–Crippen MR) is 73.7 cm³/mol. The van der Waals surface area contributed by atoms with Crippen molar-refractivity contribution in [2.45, 2.75) is 25.6 Å². The van der Waals surface area contributed by atoms with Crippen molar-refractivity contribution in [2.75, 3.05) is 13.1 Å². The van der Waals surface area contributed by atoms with Gasteiger partial charge >= 0.3 is 6.18 Å². The quantitative estimate of drug-likeness (QED) is 0.896. The first-order valence-corrected chi connectivity index (χ1v) is 7.27. The summed E-state index contributed by atoms with van der Waals surface area (Å²) < 4.78 is 39.3. The minimum atomic E-state index is -4.49. The molecule has 3 rings (SSSR count). The number of alkyl halides is 3. The van der Waals surface area contributed by atoms with E-state index < -0.39 is 17.3 Å². The molecule has 1 amide bonds. The fraction of sp³-hybridized carbons (Fsp3) is 0.600. The summed E-state index contributed by atoms with van der Waals surface area (Å²) in [6.07, 6.45) is -3.18. The first kappa shape index (κ1) is 15.3. The van der Waals surface area contributed by atoms with Crippen molar-refractivity contribution in [3.8, 4) is 0 Å². The molecule has 1 aromatic heterocycles. The average molecular weight is 313 g/mol. The van der Waals surface area contributed by atoms with Crippen LogP contribution in [0.3, 0.4) is 0 Å². The number of aromatic nitrogens is 1. The first-order valence-electron chi connectivity index (χ1n) is 7.27. The molecule has 2 heterocycles. The summed E-state index contributed by atoms with van der Waals surface area (Å²) >= 11 is 0. The van der Waals surface area contributed by atoms with Crippen molar-refractivity contribution in [1.82, 2.24) is 15.6 Å². The molecular formula is C15H18F3N3O. The van der Waals surface area contributed by atoms with Gasteiger partial charge in [-0.2, -0.15) is 13.2 Å². The number of nitrogens with one attached hydrogen (secondary N) is 2. The van der Waals surface area contributed by atoms with E-state index in [9.17, 15) is 18.0 Å². The van der Waals surface area contributed by atoms with Gasteiger partial charge in [-0.25, -0.2) is 0 Å². The number of halogens is 3. The van der Waals surface area contributed by atoms with Gasteiger partial charge in [0.2, 0.25) is 5.91 Å². The Morgan fingerprint density at radius 2 is 1.95 bits per heavy atom. The Bertz CT molecular complexity index is 590. The SMILES string of the molecule is CC(C)(NC(=O)[C@H]1[C@@H]2CNC[C@@H]21)c1ncccc1C(F)(F)F. The lowest BCUT2D eigenvalue weighted by atomic mass is 9.94. The van der Waals surface area contributed by atoms with Crippen LogP contribution in [0.15, 0.2) is 18.3 Å². The highest BCUT2D eigenvalue weighted by Gasteiger charge is 2.57. The third-order valence-corrected chi connectivity index (χ3v) is 4.54. The largest absolute Gasteiger partial charge is 0.418 e. The van der Waals surface area contributed by atoms with Crippen LogP contribution in [0.2, 0.25) is 0 Å². The van der Waals surface area contributed by atoms with E-state index in [1.807, 2.05) is 0 Å². The van der Waals surface area contributed by atoms with E-state index in [1.165, 1.54) is 12.3 Å². The van der Waals surface area contributed by atoms with Crippen LogP contribution in [-0.2, 0) is 16.5 Å². The van der Waals surface area contributed by atoms with E-state index in [0.717, 1.165) is 19.2 Å². The molecule has 0 radical (unpaired) electrons. The van der Waals surface area contributed by atoms with Gasteiger partial charge < -0.3 is 10.6 Å². The molecule has 0 spiro atoms. The van der Waals surface area contributed by atoms with Crippen molar-refractivity contribution in [3.63, 3.8) is 0 Å². The average Bonchev–Trinajstić information content (AvgIpc) is 2.92. The van der Waals surface area contributed by atoms with Crippen molar-refractivity contribution < 1.29 is 18.0 Å². The van der Waals surface area contributed by atoms with Gasteiger partial charge in [0.1, 0.15) is 0 Å². The zero-order valence-corrected chi connectivity index (χ0v) is 12.4. The van der Waals surface area contributed by atoms with Gasteiger partial charge in [-0.05, 0) is 50.9 Å². The van der Waals surface area contributed by atoms with Crippen LogP contribution < -0.4 is 10.6 Å². The topological polar surface area (TPSA) is 54.0 Å². The highest BCUT2D eigenvalue weighted by atomic mass is 19.4. The van der Waals surface area contributed by atoms with E-state index >= 15 is 0 Å². The molecule has 120 valence electrons. The Morgan fingerprint density at radius 3 is 2.55 bits per heavy atom. The highest BCUT2D eigenvalue weighted by molar-refractivity contribution is 5.83. The second kappa shape index (κ2) is 4.94. The number of amides is 1. The van der Waals surface area contributed by atoms with Crippen LogP contribution in [0.4, 0.5) is 13.2 Å². The number of rotatable bonds is 3. The van der Waals surface area contributed by atoms with Crippen LogP contribution >= 0.6 is 0 Å². The molecule has 3 atom stereocenters. The molecule has 1 aromatic rings. The molecule has 2 fully saturated rings. The van der Waals surface area contributed by atoms with Gasteiger partial charge in [0.05, 0.1) is 16.8 Å². The van der Waals surface area contributed by atoms with Crippen LogP contribution in [0, 0.1) is 17.8 Å². The van der Waals surface area contributed by atoms with Gasteiger partial charge in [0.25, 0.3) is 0 Å². The molecule has 1 aliphatic carbocycles. The lowest BCUT2D eigenvalue weighted by Crippen LogP contribution is -2.44. The molecular weight excluding hydrogens is 295 g/mol. The number of nitrogens with zero attached hydrogens (tertiary/aromatic N) is 1. The third kappa shape index (κ3) is 2.58. The lowest BCUT2D eigenvalue weighted by Gasteiger charge is -2.28. The molecule has 2 N–H and O–H groups in total. The molecule has 0 unspecified atom stereocenters. The summed E-state index contributed by atoms with van der Waals surface area (Å²) in [6.45, 7) is 4.72. The summed E-state index contributed by atoms with van der Waals surface area (Å²) in [5.74, 6) is 0.377. The highest BCUT2D eigenvalue weighted by Crippen LogP contribution is 2.49. The number of carbonyl (C=O) groups excluding carboxylic acids is 1. The molecule has 7 heteroatoms. The summed E-state index contributed by atoms with van der Waals surface area (Å²) in [6, 6.07) is 2.24. The molecule has 2 aliphatic rings. The zero-order valence-electron chi connectivity index (χ0n) is 12.4. The van der Waals surface area contributed by atoms with E-state index in [-0.39, 0.29) is 17.5 Å². The Hall–Kier alpha value is -1.63. The summed E-state index contributed by atoms with van der Waals surface area (Å²) in [5.41, 5.74) is -2.13. The minimum Gasteiger partial charge on any atom is -0.345 e. The van der Waals surface area contributed by atoms with Crippen LogP contribution in [0.25, 0.3) is 0 Å². The van der Waals surface area contributed by atoms with Crippen LogP contribution in [-0.4, -0.2) is 24.0 Å². The standard InChI is InChI=1S/C15H18F3N3O/c1-14(2,12-10(15(16,17)18)4-3-5-20-12)21-13(22)11-8-6-19-7-9(8)11/h3-5,8-9,11,19H,6-7H2,1-2H3,(H,21,22)/t8-,9+,11+. The molecule has 1 saturated carbocycles. The van der Waals surface area contributed by atoms with Crippen molar-refractivity contribution >= 4 is 5.91 Å². The van der Waals surface area contributed by atoms with E-state index in [2.05, 4.69) is 15.6 Å². The summed E-state index contributed by atoms with van der Waals surface area (Å²) in [7, 11) is 0. The summed E-state index contributed by atoms with van der Waals surface area (Å²) in [5, 5.41) is 5.94. The van der Waals surface area contributed by atoms with Gasteiger partial charge in [0.15, 0.2) is 0 Å². The number of hydrogen-bond donors (Lipinski definition) is 2. The normalized spacial score (nSPS) is 27.4. The second-order valence-electron chi connectivity index (χ2n) is 6.52. The van der Waals surface area contributed by atoms with E-state index in [1.54, 1.807) is 13.8 Å². The Labute approximate surface area is 126 Å². The van der Waals surface area contributed by atoms with Gasteiger partial charge in [-0.1, -0.05) is 0 Å². The molecule has 0 aromatic carbocycles. The first-order chi connectivity index (χ1) is 10.2. The van der Waals surface area contributed by atoms with Crippen LogP contribution in [0.1, 0.15) is 25.1 Å². The smallest absolute Gasteiger partial charge is 0.345 e. The third-order valence-electron chi connectivity index (χ3n) is 4.54. The fourth-order valence-electron chi connectivity index (χ4n) is 3.39. The molecule has 22 heavy (non-hydrogen) atoms. The number of pyridine rings is 1. The summed E-state index contributed by atoms with van der Waals surface area (Å²) in [4.78, 5) is 16.2. The van der Waals surface area contributed by atoms with E-state index in [4.69, 9.17) is 0 Å². The van der Waals surface area contributed by atoms with Gasteiger partial charge in [0, 0.05) is 12.1 Å². The van der Waals surface area contributed by atoms with Crippen LogP contribution in [0.5, 0.6) is 0 Å². The Morgan fingerprint density at radius 1 is 1.32 bits per heavy atom. The molecule has 1 aliphatic heterocycles. The predicted octanol–water partition coefficient (Wildman–Crippen LogP) is 1.92. The van der Waals surface area contributed by atoms with E-state index in [0.29, 0.717) is 11.8 Å². The number of hydrogen-bond acceptors (Lipinski definition) is 3. The minimum absolute atomic E-state index is 0.0847. The lowest BCUT2D eigenvalue weighted by molar-refractivity contribution is -0.139. The number of carbonyl (C=O) groups is 1. The second-order valence-corrected chi connectivity index (χ2v) is 6.52. The molecule has 4 nitrogen and oxygen atoms in total.